The molecule has 2 aromatic carbocycles. The number of aryl methyl sites for hydroxylation is 4. The Kier molecular flexibility index (Phi) is 5.92. The van der Waals surface area contributed by atoms with Crippen LogP contribution in [0.4, 0.5) is 5.82 Å². The molecule has 0 fully saturated rings. The quantitative estimate of drug-likeness (QED) is 0.289. The second-order valence-corrected chi connectivity index (χ2v) is 9.66. The molecule has 33 heavy (non-hydrogen) atoms. The van der Waals surface area contributed by atoms with E-state index in [-0.39, 0.29) is 0 Å². The number of nitrogens with one attached hydrogen (secondary N) is 1. The van der Waals surface area contributed by atoms with Crippen LogP contribution >= 0.6 is 11.3 Å². The summed E-state index contributed by atoms with van der Waals surface area (Å²) in [5.74, 6) is 2.32. The maximum absolute atomic E-state index is 4.81. The van der Waals surface area contributed by atoms with Gasteiger partial charge < -0.3 is 9.88 Å². The summed E-state index contributed by atoms with van der Waals surface area (Å²) in [7, 11) is 1.97. The number of imidazole rings is 1. The molecular formula is C27H27N5S. The summed E-state index contributed by atoms with van der Waals surface area (Å²) in [5.41, 5.74) is 5.15. The molecular weight excluding hydrogens is 426 g/mol. The van der Waals surface area contributed by atoms with Crippen LogP contribution in [0.15, 0.2) is 67.0 Å². The van der Waals surface area contributed by atoms with E-state index in [0.29, 0.717) is 5.82 Å². The van der Waals surface area contributed by atoms with Crippen LogP contribution in [0.25, 0.3) is 33.0 Å². The van der Waals surface area contributed by atoms with Gasteiger partial charge in [-0.1, -0.05) is 54.1 Å². The van der Waals surface area contributed by atoms with Crippen LogP contribution in [0.1, 0.15) is 22.4 Å². The minimum atomic E-state index is 0.658. The van der Waals surface area contributed by atoms with Crippen molar-refractivity contribution >= 4 is 27.4 Å². The zero-order valence-corrected chi connectivity index (χ0v) is 20.0. The molecule has 3 aromatic heterocycles. The second kappa shape index (κ2) is 9.16. The van der Waals surface area contributed by atoms with Crippen LogP contribution in [0.3, 0.4) is 0 Å². The normalized spacial score (nSPS) is 11.2. The minimum Gasteiger partial charge on any atom is -0.369 e. The van der Waals surface area contributed by atoms with Crippen molar-refractivity contribution in [1.82, 2.24) is 19.5 Å². The summed E-state index contributed by atoms with van der Waals surface area (Å²) in [4.78, 5) is 16.2. The van der Waals surface area contributed by atoms with Gasteiger partial charge in [0.2, 0.25) is 0 Å². The fraction of sp³-hybridized carbons (Fsp3) is 0.222. The summed E-state index contributed by atoms with van der Waals surface area (Å²) in [6.45, 7) is 5.07. The van der Waals surface area contributed by atoms with Gasteiger partial charge >= 0.3 is 0 Å². The largest absolute Gasteiger partial charge is 0.369 e. The molecule has 166 valence electrons. The van der Waals surface area contributed by atoms with Crippen LogP contribution in [0.5, 0.6) is 0 Å². The lowest BCUT2D eigenvalue weighted by Gasteiger charge is -2.09. The van der Waals surface area contributed by atoms with Crippen molar-refractivity contribution in [3.05, 3.63) is 83.0 Å². The number of thiophene rings is 1. The molecule has 0 aliphatic heterocycles. The van der Waals surface area contributed by atoms with Crippen molar-refractivity contribution < 1.29 is 0 Å². The van der Waals surface area contributed by atoms with Crippen molar-refractivity contribution in [3.63, 3.8) is 0 Å². The van der Waals surface area contributed by atoms with Crippen LogP contribution in [-0.4, -0.2) is 26.1 Å². The standard InChI is InChI=1S/C27H27N5S/c1-18-6-10-21(11-7-18)22-12-8-20(9-13-22)5-4-14-28-24-23-17-19(2)33-27(23)31-25(30-24)26-29-15-16-32(26)3/h6-13,15-17H,4-5,14H2,1-3H3,(H,28,30,31). The fourth-order valence-corrected chi connectivity index (χ4v) is 4.85. The van der Waals surface area contributed by atoms with Crippen molar-refractivity contribution in [2.45, 2.75) is 26.7 Å². The van der Waals surface area contributed by atoms with Crippen LogP contribution in [0.2, 0.25) is 0 Å². The fourth-order valence-electron chi connectivity index (χ4n) is 3.97. The third kappa shape index (κ3) is 4.66. The first-order chi connectivity index (χ1) is 16.1. The molecule has 0 amide bonds. The number of fused-ring (bicyclic) bond motifs is 1. The molecule has 0 bridgehead atoms. The minimum absolute atomic E-state index is 0.658. The van der Waals surface area contributed by atoms with Crippen molar-refractivity contribution in [2.75, 3.05) is 11.9 Å². The summed E-state index contributed by atoms with van der Waals surface area (Å²) in [6.07, 6.45) is 5.74. The SMILES string of the molecule is Cc1ccc(-c2ccc(CCCNc3nc(-c4nccn4C)nc4sc(C)cc34)cc2)cc1. The predicted octanol–water partition coefficient (Wildman–Crippen LogP) is 6.42. The molecule has 0 saturated carbocycles. The van der Waals surface area contributed by atoms with Crippen LogP contribution < -0.4 is 5.32 Å². The zero-order valence-electron chi connectivity index (χ0n) is 19.2. The molecule has 0 spiro atoms. The molecule has 1 N–H and O–H groups in total. The highest BCUT2D eigenvalue weighted by Crippen LogP contribution is 2.30. The van der Waals surface area contributed by atoms with Gasteiger partial charge in [0.05, 0.1) is 5.39 Å². The van der Waals surface area contributed by atoms with E-state index < -0.39 is 0 Å². The molecule has 0 aliphatic rings. The third-order valence-corrected chi connectivity index (χ3v) is 6.76. The molecule has 0 radical (unpaired) electrons. The predicted molar refractivity (Wildman–Crippen MR) is 138 cm³/mol. The Morgan fingerprint density at radius 3 is 2.36 bits per heavy atom. The zero-order chi connectivity index (χ0) is 22.8. The number of rotatable bonds is 7. The highest BCUT2D eigenvalue weighted by atomic mass is 32.1. The van der Waals surface area contributed by atoms with Crippen molar-refractivity contribution in [3.8, 4) is 22.8 Å². The van der Waals surface area contributed by atoms with E-state index in [0.717, 1.165) is 41.2 Å². The highest BCUT2D eigenvalue weighted by Gasteiger charge is 2.14. The van der Waals surface area contributed by atoms with E-state index in [1.54, 1.807) is 17.5 Å². The average Bonchev–Trinajstić information content (AvgIpc) is 3.42. The molecule has 0 saturated heterocycles. The van der Waals surface area contributed by atoms with E-state index in [9.17, 15) is 0 Å². The van der Waals surface area contributed by atoms with E-state index >= 15 is 0 Å². The van der Waals surface area contributed by atoms with Gasteiger partial charge in [-0.3, -0.25) is 0 Å². The van der Waals surface area contributed by atoms with E-state index in [4.69, 9.17) is 9.97 Å². The number of benzene rings is 2. The van der Waals surface area contributed by atoms with E-state index in [1.807, 2.05) is 17.8 Å². The maximum Gasteiger partial charge on any atom is 0.199 e. The Bertz CT molecular complexity index is 1380. The first-order valence-corrected chi connectivity index (χ1v) is 12.0. The van der Waals surface area contributed by atoms with Gasteiger partial charge in [0, 0.05) is 30.9 Å². The number of hydrogen-bond donors (Lipinski definition) is 1. The lowest BCUT2D eigenvalue weighted by atomic mass is 10.0. The molecule has 5 aromatic rings. The van der Waals surface area contributed by atoms with Gasteiger partial charge in [-0.25, -0.2) is 15.0 Å². The van der Waals surface area contributed by atoms with Gasteiger partial charge in [-0.15, -0.1) is 11.3 Å². The summed E-state index contributed by atoms with van der Waals surface area (Å²) in [6, 6.07) is 19.8. The monoisotopic (exact) mass is 453 g/mol. The van der Waals surface area contributed by atoms with E-state index in [1.165, 1.54) is 27.1 Å². The lowest BCUT2D eigenvalue weighted by Crippen LogP contribution is -2.07. The Labute approximate surface area is 198 Å². The summed E-state index contributed by atoms with van der Waals surface area (Å²) < 4.78 is 1.95. The average molecular weight is 454 g/mol. The molecule has 3 heterocycles. The smallest absolute Gasteiger partial charge is 0.199 e. The van der Waals surface area contributed by atoms with Gasteiger partial charge in [-0.2, -0.15) is 0 Å². The first kappa shape index (κ1) is 21.3. The van der Waals surface area contributed by atoms with Crippen molar-refractivity contribution in [2.24, 2.45) is 7.05 Å². The number of aromatic nitrogens is 4. The number of anilines is 1. The van der Waals surface area contributed by atoms with Crippen molar-refractivity contribution in [1.29, 1.82) is 0 Å². The molecule has 5 rings (SSSR count). The Balaban J connectivity index is 1.26. The van der Waals surface area contributed by atoms with Gasteiger partial charge in [0.25, 0.3) is 0 Å². The summed E-state index contributed by atoms with van der Waals surface area (Å²) in [5, 5.41) is 4.64. The van der Waals surface area contributed by atoms with Crippen LogP contribution in [-0.2, 0) is 13.5 Å². The molecule has 0 atom stereocenters. The second-order valence-electron chi connectivity index (χ2n) is 8.43. The summed E-state index contributed by atoms with van der Waals surface area (Å²) >= 11 is 1.69. The topological polar surface area (TPSA) is 55.6 Å². The van der Waals surface area contributed by atoms with Gasteiger partial charge in [0.15, 0.2) is 11.6 Å². The van der Waals surface area contributed by atoms with Crippen LogP contribution in [0, 0.1) is 13.8 Å². The Morgan fingerprint density at radius 2 is 1.67 bits per heavy atom. The number of nitrogens with zero attached hydrogens (tertiary/aromatic N) is 4. The highest BCUT2D eigenvalue weighted by molar-refractivity contribution is 7.18. The molecule has 0 unspecified atom stereocenters. The molecule has 0 aliphatic carbocycles. The first-order valence-electron chi connectivity index (χ1n) is 11.2. The number of hydrogen-bond acceptors (Lipinski definition) is 5. The Morgan fingerprint density at radius 1 is 0.939 bits per heavy atom. The Hall–Kier alpha value is -3.51. The third-order valence-electron chi connectivity index (χ3n) is 5.81. The van der Waals surface area contributed by atoms with E-state index in [2.05, 4.69) is 78.7 Å². The molecule has 5 nitrogen and oxygen atoms in total. The maximum atomic E-state index is 4.81. The van der Waals surface area contributed by atoms with Gasteiger partial charge in [0.1, 0.15) is 10.6 Å². The lowest BCUT2D eigenvalue weighted by molar-refractivity contribution is 0.858. The molecule has 6 heteroatoms. The van der Waals surface area contributed by atoms with Gasteiger partial charge in [-0.05, 0) is 49.4 Å².